The van der Waals surface area contributed by atoms with Gasteiger partial charge < -0.3 is 9.47 Å². The summed E-state index contributed by atoms with van der Waals surface area (Å²) in [6.45, 7) is 0. The minimum atomic E-state index is 0.0255. The van der Waals surface area contributed by atoms with E-state index in [4.69, 9.17) is 67.5 Å². The molecule has 1 aromatic carbocycles. The molecule has 0 bridgehead atoms. The minimum Gasteiger partial charge on any atom is -0.448 e. The molecule has 1 aromatic heterocycles. The number of halogens is 5. The maximum Gasteiger partial charge on any atom is 0.209 e. The highest BCUT2D eigenvalue weighted by molar-refractivity contribution is 6.43. The molecule has 0 saturated heterocycles. The van der Waals surface area contributed by atoms with Gasteiger partial charge in [0, 0.05) is 12.1 Å². The van der Waals surface area contributed by atoms with Gasteiger partial charge in [-0.05, 0) is 0 Å². The molecule has 8 heteroatoms. The van der Waals surface area contributed by atoms with E-state index < -0.39 is 0 Å². The molecule has 3 rings (SSSR count). The summed E-state index contributed by atoms with van der Waals surface area (Å²) in [7, 11) is 0. The van der Waals surface area contributed by atoms with Gasteiger partial charge in [-0.15, -0.1) is 0 Å². The first-order valence-corrected chi connectivity index (χ1v) is 6.75. The van der Waals surface area contributed by atoms with Crippen LogP contribution in [-0.4, -0.2) is 4.98 Å². The van der Waals surface area contributed by atoms with Crippen LogP contribution >= 0.6 is 58.0 Å². The van der Waals surface area contributed by atoms with Crippen LogP contribution in [0.4, 0.5) is 0 Å². The molecule has 0 N–H and O–H groups in total. The first-order chi connectivity index (χ1) is 8.97. The normalized spacial score (nSPS) is 12.3. The van der Waals surface area contributed by atoms with Crippen molar-refractivity contribution in [2.45, 2.75) is 0 Å². The molecule has 0 fully saturated rings. The van der Waals surface area contributed by atoms with E-state index in [1.165, 1.54) is 12.1 Å². The first-order valence-electron chi connectivity index (χ1n) is 4.86. The van der Waals surface area contributed by atoms with E-state index in [0.717, 1.165) is 0 Å². The monoisotopic (exact) mass is 355 g/mol. The van der Waals surface area contributed by atoms with E-state index in [1.807, 2.05) is 0 Å². The molecule has 0 atom stereocenters. The zero-order valence-electron chi connectivity index (χ0n) is 8.81. The van der Waals surface area contributed by atoms with Crippen molar-refractivity contribution in [3.63, 3.8) is 0 Å². The van der Waals surface area contributed by atoms with Crippen LogP contribution in [0.3, 0.4) is 0 Å². The van der Waals surface area contributed by atoms with Crippen molar-refractivity contribution in [1.82, 2.24) is 4.98 Å². The van der Waals surface area contributed by atoms with Crippen LogP contribution in [0, 0.1) is 0 Å². The van der Waals surface area contributed by atoms with Gasteiger partial charge in [-0.1, -0.05) is 58.0 Å². The molecule has 0 amide bonds. The summed E-state index contributed by atoms with van der Waals surface area (Å²) >= 11 is 29.6. The number of nitrogens with zero attached hydrogens (tertiary/aromatic N) is 1. The van der Waals surface area contributed by atoms with Crippen LogP contribution in [-0.2, 0) is 0 Å². The molecule has 0 unspecified atom stereocenters. The number of fused-ring (bicyclic) bond motifs is 2. The molecule has 3 nitrogen and oxygen atoms in total. The average Bonchev–Trinajstić information content (AvgIpc) is 2.36. The summed E-state index contributed by atoms with van der Waals surface area (Å²) in [6, 6.07) is 3.03. The van der Waals surface area contributed by atoms with Gasteiger partial charge in [0.05, 0.1) is 10.0 Å². The molecule has 0 radical (unpaired) electrons. The van der Waals surface area contributed by atoms with Crippen LogP contribution in [0.5, 0.6) is 23.0 Å². The second-order valence-electron chi connectivity index (χ2n) is 3.58. The fourth-order valence-corrected chi connectivity index (χ4v) is 2.44. The maximum atomic E-state index is 6.00. The van der Waals surface area contributed by atoms with Gasteiger partial charge in [0.2, 0.25) is 5.75 Å². The van der Waals surface area contributed by atoms with Crippen molar-refractivity contribution in [3.8, 4) is 23.0 Å². The zero-order valence-corrected chi connectivity index (χ0v) is 12.6. The highest BCUT2D eigenvalue weighted by atomic mass is 35.5. The van der Waals surface area contributed by atoms with Crippen molar-refractivity contribution in [2.75, 3.05) is 0 Å². The Balaban J connectivity index is 2.19. The van der Waals surface area contributed by atoms with Crippen LogP contribution in [0.25, 0.3) is 0 Å². The fourth-order valence-electron chi connectivity index (χ4n) is 1.54. The van der Waals surface area contributed by atoms with Crippen LogP contribution in [0.1, 0.15) is 0 Å². The van der Waals surface area contributed by atoms with E-state index in [-0.39, 0.29) is 26.8 Å². The third kappa shape index (κ3) is 2.20. The minimum absolute atomic E-state index is 0.0255. The number of benzene rings is 1. The SMILES string of the molecule is Clc1cc2c(cc1Cl)Oc1c(Cl)c(Cl)nc(Cl)c1O2. The number of ether oxygens (including phenoxy) is 2. The fraction of sp³-hybridized carbons (Fsp3) is 0. The van der Waals surface area contributed by atoms with Crippen molar-refractivity contribution in [2.24, 2.45) is 0 Å². The summed E-state index contributed by atoms with van der Waals surface area (Å²) in [5.41, 5.74) is 0. The lowest BCUT2D eigenvalue weighted by atomic mass is 10.3. The van der Waals surface area contributed by atoms with Gasteiger partial charge in [-0.25, -0.2) is 4.98 Å². The number of hydrogen-bond donors (Lipinski definition) is 0. The molecular formula is C11H2Cl5NO2. The standard InChI is InChI=1S/C11H2Cl5NO2/c12-3-1-5-6(2-4(3)13)19-9-8(18-5)7(14)10(15)17-11(9)16/h1-2H. The Bertz CT molecular complexity index is 704. The van der Waals surface area contributed by atoms with Gasteiger partial charge in [-0.3, -0.25) is 0 Å². The molecular weight excluding hydrogens is 355 g/mol. The Kier molecular flexibility index (Phi) is 3.36. The predicted molar refractivity (Wildman–Crippen MR) is 75.9 cm³/mol. The van der Waals surface area contributed by atoms with Crippen molar-refractivity contribution < 1.29 is 9.47 Å². The smallest absolute Gasteiger partial charge is 0.209 e. The Labute approximate surface area is 132 Å². The van der Waals surface area contributed by atoms with E-state index in [2.05, 4.69) is 4.98 Å². The zero-order chi connectivity index (χ0) is 13.7. The number of aromatic nitrogens is 1. The molecule has 0 spiro atoms. The Hall–Kier alpha value is -0.580. The predicted octanol–water partition coefficient (Wildman–Crippen LogP) is 6.25. The average molecular weight is 357 g/mol. The number of hydrogen-bond acceptors (Lipinski definition) is 3. The van der Waals surface area contributed by atoms with E-state index in [9.17, 15) is 0 Å². The van der Waals surface area contributed by atoms with Crippen molar-refractivity contribution in [1.29, 1.82) is 0 Å². The Morgan fingerprint density at radius 2 is 1.26 bits per heavy atom. The first kappa shape index (κ1) is 13.4. The van der Waals surface area contributed by atoms with E-state index in [0.29, 0.717) is 21.5 Å². The summed E-state index contributed by atoms with van der Waals surface area (Å²) < 4.78 is 11.2. The lowest BCUT2D eigenvalue weighted by Crippen LogP contribution is -2.02. The molecule has 0 saturated carbocycles. The summed E-state index contributed by atoms with van der Waals surface area (Å²) in [4.78, 5) is 3.83. The van der Waals surface area contributed by atoms with Gasteiger partial charge in [0.1, 0.15) is 5.02 Å². The van der Waals surface area contributed by atoms with Gasteiger partial charge in [0.25, 0.3) is 0 Å². The molecule has 1 aliphatic rings. The molecule has 0 aliphatic carbocycles. The Morgan fingerprint density at radius 3 is 1.84 bits per heavy atom. The lowest BCUT2D eigenvalue weighted by molar-refractivity contribution is 0.358. The Morgan fingerprint density at radius 1 is 0.737 bits per heavy atom. The quantitative estimate of drug-likeness (QED) is 0.446. The molecule has 2 heterocycles. The van der Waals surface area contributed by atoms with Crippen LogP contribution < -0.4 is 9.47 Å². The summed E-state index contributed by atoms with van der Waals surface area (Å²) in [5.74, 6) is 1.10. The van der Waals surface area contributed by atoms with Crippen LogP contribution in [0.15, 0.2) is 12.1 Å². The van der Waals surface area contributed by atoms with E-state index in [1.54, 1.807) is 0 Å². The molecule has 1 aliphatic heterocycles. The van der Waals surface area contributed by atoms with Gasteiger partial charge >= 0.3 is 0 Å². The van der Waals surface area contributed by atoms with Gasteiger partial charge in [0.15, 0.2) is 27.6 Å². The third-order valence-electron chi connectivity index (χ3n) is 2.38. The molecule has 2 aromatic rings. The highest BCUT2D eigenvalue weighted by Crippen LogP contribution is 2.53. The lowest BCUT2D eigenvalue weighted by Gasteiger charge is -2.22. The molecule has 98 valence electrons. The summed E-state index contributed by atoms with van der Waals surface area (Å²) in [6.07, 6.45) is 0. The van der Waals surface area contributed by atoms with Gasteiger partial charge in [-0.2, -0.15) is 0 Å². The van der Waals surface area contributed by atoms with Crippen LogP contribution in [0.2, 0.25) is 25.4 Å². The third-order valence-corrected chi connectivity index (χ3v) is 4.08. The largest absolute Gasteiger partial charge is 0.448 e. The highest BCUT2D eigenvalue weighted by Gasteiger charge is 2.27. The molecule has 19 heavy (non-hydrogen) atoms. The van der Waals surface area contributed by atoms with E-state index >= 15 is 0 Å². The maximum absolute atomic E-state index is 6.00. The topological polar surface area (TPSA) is 31.4 Å². The summed E-state index contributed by atoms with van der Waals surface area (Å²) in [5, 5.41) is 0.836. The second-order valence-corrected chi connectivity index (χ2v) is 5.49. The van der Waals surface area contributed by atoms with Crippen molar-refractivity contribution >= 4 is 58.0 Å². The number of pyridine rings is 1. The number of rotatable bonds is 0. The second kappa shape index (κ2) is 4.76. The van der Waals surface area contributed by atoms with Crippen molar-refractivity contribution in [3.05, 3.63) is 37.5 Å².